The van der Waals surface area contributed by atoms with Crippen LogP contribution in [0.3, 0.4) is 0 Å². The molecular weight excluding hydrogens is 398 g/mol. The molecule has 3 aliphatic rings. The Morgan fingerprint density at radius 2 is 1.60 bits per heavy atom. The molecule has 160 valence electrons. The molecular formula is C20H22F2N4O4. The quantitative estimate of drug-likeness (QED) is 0.742. The fourth-order valence-electron chi connectivity index (χ4n) is 4.34. The van der Waals surface area contributed by atoms with Crippen LogP contribution in [0.1, 0.15) is 36.0 Å². The standard InChI is InChI=1S/C20H22F2N4O4/c21-14-4-3-13(11-15(14)22)17(28)25-9-7-24(8-10-25)16(27)12-26-18(29)20(23-19(26)30)5-1-2-6-20/h3-4,11H,1-2,5-10,12H2,(H,23,30). The summed E-state index contributed by atoms with van der Waals surface area (Å²) >= 11 is 0. The molecule has 0 radical (unpaired) electrons. The van der Waals surface area contributed by atoms with Crippen LogP contribution in [0.2, 0.25) is 0 Å². The lowest BCUT2D eigenvalue weighted by atomic mass is 9.98. The molecule has 2 heterocycles. The molecule has 10 heteroatoms. The molecule has 1 aliphatic carbocycles. The minimum absolute atomic E-state index is 0.0369. The molecule has 1 aromatic carbocycles. The van der Waals surface area contributed by atoms with Crippen molar-refractivity contribution in [3.8, 4) is 0 Å². The van der Waals surface area contributed by atoms with E-state index in [2.05, 4.69) is 5.32 Å². The van der Waals surface area contributed by atoms with Gasteiger partial charge >= 0.3 is 6.03 Å². The smallest absolute Gasteiger partial charge is 0.325 e. The number of carbonyl (C=O) groups excluding carboxylic acids is 4. The van der Waals surface area contributed by atoms with Crippen molar-refractivity contribution in [1.82, 2.24) is 20.0 Å². The molecule has 4 rings (SSSR count). The van der Waals surface area contributed by atoms with Gasteiger partial charge in [0, 0.05) is 31.7 Å². The number of carbonyl (C=O) groups is 4. The molecule has 30 heavy (non-hydrogen) atoms. The lowest BCUT2D eigenvalue weighted by Gasteiger charge is -2.35. The van der Waals surface area contributed by atoms with Crippen LogP contribution in [0.4, 0.5) is 13.6 Å². The Balaban J connectivity index is 1.33. The van der Waals surface area contributed by atoms with E-state index in [-0.39, 0.29) is 50.1 Å². The summed E-state index contributed by atoms with van der Waals surface area (Å²) < 4.78 is 26.4. The van der Waals surface area contributed by atoms with Gasteiger partial charge in [-0.2, -0.15) is 0 Å². The summed E-state index contributed by atoms with van der Waals surface area (Å²) in [5.41, 5.74) is -0.817. The lowest BCUT2D eigenvalue weighted by Crippen LogP contribution is -2.53. The Labute approximate surface area is 171 Å². The summed E-state index contributed by atoms with van der Waals surface area (Å²) in [6.07, 6.45) is 2.91. The van der Waals surface area contributed by atoms with Crippen molar-refractivity contribution in [3.63, 3.8) is 0 Å². The van der Waals surface area contributed by atoms with Gasteiger partial charge in [0.2, 0.25) is 5.91 Å². The number of hydrogen-bond acceptors (Lipinski definition) is 4. The highest BCUT2D eigenvalue weighted by molar-refractivity contribution is 6.09. The van der Waals surface area contributed by atoms with E-state index in [1.165, 1.54) is 15.9 Å². The number of imide groups is 1. The molecule has 1 aromatic rings. The molecule has 1 spiro atoms. The van der Waals surface area contributed by atoms with Crippen molar-refractivity contribution in [2.75, 3.05) is 32.7 Å². The normalized spacial score (nSPS) is 20.8. The topological polar surface area (TPSA) is 90.0 Å². The van der Waals surface area contributed by atoms with E-state index in [9.17, 15) is 28.0 Å². The molecule has 8 nitrogen and oxygen atoms in total. The summed E-state index contributed by atoms with van der Waals surface area (Å²) in [5.74, 6) is -3.28. The van der Waals surface area contributed by atoms with Gasteiger partial charge in [0.15, 0.2) is 11.6 Å². The van der Waals surface area contributed by atoms with Crippen molar-refractivity contribution < 1.29 is 28.0 Å². The third-order valence-corrected chi connectivity index (χ3v) is 6.08. The molecule has 0 atom stereocenters. The predicted molar refractivity (Wildman–Crippen MR) is 100 cm³/mol. The van der Waals surface area contributed by atoms with Crippen LogP contribution in [-0.2, 0) is 9.59 Å². The molecule has 0 unspecified atom stereocenters. The highest BCUT2D eigenvalue weighted by Crippen LogP contribution is 2.35. The predicted octanol–water partition coefficient (Wildman–Crippen LogP) is 1.11. The number of benzene rings is 1. The van der Waals surface area contributed by atoms with E-state index < -0.39 is 29.1 Å². The molecule has 0 bridgehead atoms. The van der Waals surface area contributed by atoms with Crippen LogP contribution >= 0.6 is 0 Å². The van der Waals surface area contributed by atoms with Crippen molar-refractivity contribution in [2.45, 2.75) is 31.2 Å². The largest absolute Gasteiger partial charge is 0.338 e. The number of nitrogens with one attached hydrogen (secondary N) is 1. The van der Waals surface area contributed by atoms with Crippen LogP contribution in [0.25, 0.3) is 0 Å². The second-order valence-electron chi connectivity index (χ2n) is 7.91. The first-order valence-electron chi connectivity index (χ1n) is 9.97. The average molecular weight is 420 g/mol. The highest BCUT2D eigenvalue weighted by Gasteiger charge is 2.52. The lowest BCUT2D eigenvalue weighted by molar-refractivity contribution is -0.139. The number of urea groups is 1. The monoisotopic (exact) mass is 420 g/mol. The third-order valence-electron chi connectivity index (χ3n) is 6.08. The fraction of sp³-hybridized carbons (Fsp3) is 0.500. The number of piperazine rings is 1. The van der Waals surface area contributed by atoms with Gasteiger partial charge in [0.05, 0.1) is 0 Å². The van der Waals surface area contributed by atoms with Crippen molar-refractivity contribution in [3.05, 3.63) is 35.4 Å². The Bertz CT molecular complexity index is 908. The number of hydrogen-bond donors (Lipinski definition) is 1. The molecule has 1 saturated carbocycles. The maximum absolute atomic E-state index is 13.4. The number of halogens is 2. The average Bonchev–Trinajstić information content (AvgIpc) is 3.30. The second-order valence-corrected chi connectivity index (χ2v) is 7.91. The van der Waals surface area contributed by atoms with Crippen LogP contribution < -0.4 is 5.32 Å². The van der Waals surface area contributed by atoms with Gasteiger partial charge in [0.1, 0.15) is 12.1 Å². The summed E-state index contributed by atoms with van der Waals surface area (Å²) in [4.78, 5) is 53.9. The molecule has 2 aliphatic heterocycles. The van der Waals surface area contributed by atoms with E-state index in [0.29, 0.717) is 12.8 Å². The minimum atomic E-state index is -1.09. The maximum atomic E-state index is 13.4. The Kier molecular flexibility index (Phi) is 5.17. The maximum Gasteiger partial charge on any atom is 0.325 e. The van der Waals surface area contributed by atoms with Crippen LogP contribution in [-0.4, -0.2) is 76.7 Å². The van der Waals surface area contributed by atoms with Gasteiger partial charge in [-0.3, -0.25) is 19.3 Å². The summed E-state index contributed by atoms with van der Waals surface area (Å²) in [7, 11) is 0. The van der Waals surface area contributed by atoms with Gasteiger partial charge in [-0.15, -0.1) is 0 Å². The Morgan fingerprint density at radius 1 is 0.967 bits per heavy atom. The van der Waals surface area contributed by atoms with E-state index in [1.807, 2.05) is 0 Å². The Hall–Kier alpha value is -3.04. The zero-order valence-corrected chi connectivity index (χ0v) is 16.3. The first-order valence-corrected chi connectivity index (χ1v) is 9.97. The van der Waals surface area contributed by atoms with Crippen molar-refractivity contribution in [2.24, 2.45) is 0 Å². The molecule has 2 saturated heterocycles. The van der Waals surface area contributed by atoms with E-state index in [4.69, 9.17) is 0 Å². The number of amides is 5. The first kappa shape index (κ1) is 20.2. The summed E-state index contributed by atoms with van der Waals surface area (Å²) in [6, 6.07) is 2.43. The summed E-state index contributed by atoms with van der Waals surface area (Å²) in [6.45, 7) is 0.552. The van der Waals surface area contributed by atoms with Gasteiger partial charge in [-0.05, 0) is 31.0 Å². The Morgan fingerprint density at radius 3 is 2.23 bits per heavy atom. The van der Waals surface area contributed by atoms with Gasteiger partial charge < -0.3 is 15.1 Å². The molecule has 5 amide bonds. The zero-order valence-electron chi connectivity index (χ0n) is 16.3. The molecule has 1 N–H and O–H groups in total. The SMILES string of the molecule is O=C(CN1C(=O)NC2(CCCC2)C1=O)N1CCN(C(=O)c2ccc(F)c(F)c2)CC1. The van der Waals surface area contributed by atoms with Crippen LogP contribution in [0, 0.1) is 11.6 Å². The van der Waals surface area contributed by atoms with Crippen molar-refractivity contribution >= 4 is 23.8 Å². The third kappa shape index (κ3) is 3.50. The molecule has 3 fully saturated rings. The summed E-state index contributed by atoms with van der Waals surface area (Å²) in [5, 5.41) is 2.74. The molecule has 0 aromatic heterocycles. The van der Waals surface area contributed by atoms with E-state index in [1.54, 1.807) is 0 Å². The van der Waals surface area contributed by atoms with Crippen LogP contribution in [0.5, 0.6) is 0 Å². The first-order chi connectivity index (χ1) is 14.3. The fourth-order valence-corrected chi connectivity index (χ4v) is 4.34. The minimum Gasteiger partial charge on any atom is -0.338 e. The van der Waals surface area contributed by atoms with E-state index >= 15 is 0 Å². The van der Waals surface area contributed by atoms with Gasteiger partial charge in [-0.25, -0.2) is 13.6 Å². The zero-order chi connectivity index (χ0) is 21.5. The van der Waals surface area contributed by atoms with E-state index in [0.717, 1.165) is 29.9 Å². The van der Waals surface area contributed by atoms with Gasteiger partial charge in [-0.1, -0.05) is 12.8 Å². The number of nitrogens with zero attached hydrogens (tertiary/aromatic N) is 3. The number of rotatable bonds is 3. The van der Waals surface area contributed by atoms with Crippen LogP contribution in [0.15, 0.2) is 18.2 Å². The second kappa shape index (κ2) is 7.66. The van der Waals surface area contributed by atoms with Gasteiger partial charge in [0.25, 0.3) is 11.8 Å². The highest BCUT2D eigenvalue weighted by atomic mass is 19.2. The van der Waals surface area contributed by atoms with Crippen molar-refractivity contribution in [1.29, 1.82) is 0 Å².